The number of rotatable bonds is 8. The molecule has 3 fully saturated rings. The number of hydrogen-bond donors (Lipinski definition) is 3. The van der Waals surface area contributed by atoms with Crippen molar-refractivity contribution in [1.82, 2.24) is 15.1 Å². The zero-order valence-corrected chi connectivity index (χ0v) is 25.1. The quantitative estimate of drug-likeness (QED) is 0.388. The molecule has 2 aromatic carbocycles. The minimum Gasteiger partial charge on any atom is -0.504 e. The van der Waals surface area contributed by atoms with Gasteiger partial charge in [0.05, 0.1) is 5.56 Å². The van der Waals surface area contributed by atoms with Gasteiger partial charge in [-0.3, -0.25) is 19.3 Å². The van der Waals surface area contributed by atoms with Gasteiger partial charge in [0.2, 0.25) is 11.8 Å². The number of amides is 3. The smallest absolute Gasteiger partial charge is 0.255 e. The van der Waals surface area contributed by atoms with Crippen molar-refractivity contribution in [1.29, 1.82) is 0 Å². The third-order valence-electron chi connectivity index (χ3n) is 9.30. The third kappa shape index (κ3) is 6.52. The van der Waals surface area contributed by atoms with Gasteiger partial charge in [0.1, 0.15) is 0 Å². The number of piperidine rings is 2. The van der Waals surface area contributed by atoms with Gasteiger partial charge in [0.25, 0.3) is 5.91 Å². The largest absolute Gasteiger partial charge is 0.504 e. The van der Waals surface area contributed by atoms with Gasteiger partial charge >= 0.3 is 0 Å². The van der Waals surface area contributed by atoms with Gasteiger partial charge in [0, 0.05) is 67.9 Å². The summed E-state index contributed by atoms with van der Waals surface area (Å²) in [6.45, 7) is 6.17. The second-order valence-electron chi connectivity index (χ2n) is 12.0. The Hall–Kier alpha value is -3.30. The predicted octanol–water partition coefficient (Wildman–Crippen LogP) is 4.47. The van der Waals surface area contributed by atoms with E-state index < -0.39 is 5.75 Å². The SMILES string of the molecule is CC(=O)N1CCC(C(=O)N(CCCN2C3CCC2CC(NC(=O)c2cccc(O)c2O)C3)c2ccc(C)c(Cl)c2)CC1. The van der Waals surface area contributed by atoms with Crippen LogP contribution in [0.1, 0.15) is 67.8 Å². The molecule has 0 aromatic heterocycles. The second-order valence-corrected chi connectivity index (χ2v) is 12.4. The highest BCUT2D eigenvalue weighted by Gasteiger charge is 2.41. The molecule has 226 valence electrons. The fourth-order valence-corrected chi connectivity index (χ4v) is 7.10. The molecule has 2 bridgehead atoms. The van der Waals surface area contributed by atoms with Gasteiger partial charge < -0.3 is 25.3 Å². The first kappa shape index (κ1) is 30.2. The second kappa shape index (κ2) is 12.9. The maximum Gasteiger partial charge on any atom is 0.255 e. The molecule has 3 aliphatic rings. The molecule has 3 heterocycles. The van der Waals surface area contributed by atoms with E-state index in [4.69, 9.17) is 11.6 Å². The molecule has 0 aliphatic carbocycles. The zero-order valence-electron chi connectivity index (χ0n) is 24.4. The van der Waals surface area contributed by atoms with Crippen LogP contribution in [0.25, 0.3) is 0 Å². The van der Waals surface area contributed by atoms with Crippen LogP contribution in [0.3, 0.4) is 0 Å². The molecule has 2 unspecified atom stereocenters. The van der Waals surface area contributed by atoms with Crippen LogP contribution in [0.2, 0.25) is 5.02 Å². The van der Waals surface area contributed by atoms with Crippen LogP contribution in [0.4, 0.5) is 5.69 Å². The van der Waals surface area contributed by atoms with E-state index in [-0.39, 0.29) is 41.0 Å². The summed E-state index contributed by atoms with van der Waals surface area (Å²) >= 11 is 6.46. The Kier molecular flexibility index (Phi) is 9.28. The van der Waals surface area contributed by atoms with Gasteiger partial charge in [-0.15, -0.1) is 0 Å². The molecule has 42 heavy (non-hydrogen) atoms. The number of para-hydroxylation sites is 1. The fraction of sp³-hybridized carbons (Fsp3) is 0.531. The molecule has 3 amide bonds. The van der Waals surface area contributed by atoms with Crippen molar-refractivity contribution in [3.8, 4) is 11.5 Å². The van der Waals surface area contributed by atoms with E-state index in [1.54, 1.807) is 13.0 Å². The summed E-state index contributed by atoms with van der Waals surface area (Å²) in [6, 6.07) is 10.9. The van der Waals surface area contributed by atoms with Crippen molar-refractivity contribution in [3.05, 3.63) is 52.5 Å². The Labute approximate surface area is 252 Å². The van der Waals surface area contributed by atoms with E-state index in [0.29, 0.717) is 49.6 Å². The number of hydrogen-bond acceptors (Lipinski definition) is 6. The first-order chi connectivity index (χ1) is 20.1. The highest BCUT2D eigenvalue weighted by molar-refractivity contribution is 6.31. The molecule has 0 saturated carbocycles. The maximum atomic E-state index is 13.8. The van der Waals surface area contributed by atoms with E-state index in [1.165, 1.54) is 12.1 Å². The van der Waals surface area contributed by atoms with Crippen LogP contribution in [-0.2, 0) is 9.59 Å². The molecule has 3 aliphatic heterocycles. The topological polar surface area (TPSA) is 113 Å². The molecule has 0 spiro atoms. The number of phenolic OH excluding ortho intramolecular Hbond substituents is 2. The highest BCUT2D eigenvalue weighted by Crippen LogP contribution is 2.37. The molecule has 0 radical (unpaired) electrons. The number of aromatic hydroxyl groups is 2. The van der Waals surface area contributed by atoms with E-state index in [2.05, 4.69) is 10.2 Å². The zero-order chi connectivity index (χ0) is 30.0. The van der Waals surface area contributed by atoms with E-state index in [1.807, 2.05) is 34.9 Å². The van der Waals surface area contributed by atoms with Crippen LogP contribution < -0.4 is 10.2 Å². The molecule has 10 heteroatoms. The van der Waals surface area contributed by atoms with Gasteiger partial charge in [0.15, 0.2) is 11.5 Å². The first-order valence-electron chi connectivity index (χ1n) is 15.0. The number of fused-ring (bicyclic) bond motifs is 2. The lowest BCUT2D eigenvalue weighted by atomic mass is 9.94. The Bertz CT molecular complexity index is 1310. The van der Waals surface area contributed by atoms with Crippen molar-refractivity contribution in [2.45, 2.75) is 76.9 Å². The number of aryl methyl sites for hydroxylation is 1. The Morgan fingerprint density at radius 3 is 2.36 bits per heavy atom. The monoisotopic (exact) mass is 596 g/mol. The number of phenols is 2. The van der Waals surface area contributed by atoms with Crippen molar-refractivity contribution in [2.24, 2.45) is 5.92 Å². The summed E-state index contributed by atoms with van der Waals surface area (Å²) in [4.78, 5) is 44.6. The minimum atomic E-state index is -0.395. The molecule has 9 nitrogen and oxygen atoms in total. The summed E-state index contributed by atoms with van der Waals surface area (Å²) in [5.74, 6) is -1.05. The summed E-state index contributed by atoms with van der Waals surface area (Å²) in [5.41, 5.74) is 1.86. The molecule has 5 rings (SSSR count). The number of halogens is 1. The minimum absolute atomic E-state index is 0.00152. The van der Waals surface area contributed by atoms with Gasteiger partial charge in [-0.05, 0) is 81.7 Å². The average Bonchev–Trinajstić information content (AvgIpc) is 3.20. The van der Waals surface area contributed by atoms with Gasteiger partial charge in [-0.1, -0.05) is 23.7 Å². The summed E-state index contributed by atoms with van der Waals surface area (Å²) in [7, 11) is 0. The lowest BCUT2D eigenvalue weighted by Gasteiger charge is -2.40. The summed E-state index contributed by atoms with van der Waals surface area (Å²) < 4.78 is 0. The number of carbonyl (C=O) groups is 3. The standard InChI is InChI=1S/C32H41ClN4O5/c1-20-7-8-26(19-28(20)33)37(32(42)22-11-15-35(16-12-22)21(2)38)14-4-13-36-24-9-10-25(36)18-23(17-24)34-31(41)27-5-3-6-29(39)30(27)40/h3,5-8,19,22-25,39-40H,4,9-18H2,1-2H3,(H,34,41). The Morgan fingerprint density at radius 1 is 1.02 bits per heavy atom. The third-order valence-corrected chi connectivity index (χ3v) is 9.71. The maximum absolute atomic E-state index is 13.8. The molecular formula is C32H41ClN4O5. The van der Waals surface area contributed by atoms with Crippen LogP contribution in [0.5, 0.6) is 11.5 Å². The van der Waals surface area contributed by atoms with Crippen LogP contribution in [0, 0.1) is 12.8 Å². The lowest BCUT2D eigenvalue weighted by Crippen LogP contribution is -2.51. The van der Waals surface area contributed by atoms with Crippen molar-refractivity contribution >= 4 is 35.0 Å². The van der Waals surface area contributed by atoms with Crippen molar-refractivity contribution < 1.29 is 24.6 Å². The van der Waals surface area contributed by atoms with E-state index in [9.17, 15) is 24.6 Å². The van der Waals surface area contributed by atoms with Gasteiger partial charge in [-0.25, -0.2) is 0 Å². The van der Waals surface area contributed by atoms with Crippen LogP contribution in [0.15, 0.2) is 36.4 Å². The van der Waals surface area contributed by atoms with E-state index in [0.717, 1.165) is 49.9 Å². The van der Waals surface area contributed by atoms with Crippen molar-refractivity contribution in [2.75, 3.05) is 31.1 Å². The normalized spacial score (nSPS) is 22.6. The number of anilines is 1. The molecular weight excluding hydrogens is 556 g/mol. The van der Waals surface area contributed by atoms with Crippen LogP contribution >= 0.6 is 11.6 Å². The van der Waals surface area contributed by atoms with E-state index >= 15 is 0 Å². The lowest BCUT2D eigenvalue weighted by molar-refractivity contribution is -0.133. The predicted molar refractivity (Wildman–Crippen MR) is 162 cm³/mol. The number of nitrogens with one attached hydrogen (secondary N) is 1. The average molecular weight is 597 g/mol. The Morgan fingerprint density at radius 2 is 1.71 bits per heavy atom. The highest BCUT2D eigenvalue weighted by atomic mass is 35.5. The van der Waals surface area contributed by atoms with Crippen LogP contribution in [-0.4, -0.2) is 82.0 Å². The summed E-state index contributed by atoms with van der Waals surface area (Å²) in [6.07, 6.45) is 5.93. The first-order valence-corrected chi connectivity index (χ1v) is 15.4. The van der Waals surface area contributed by atoms with Gasteiger partial charge in [-0.2, -0.15) is 0 Å². The number of nitrogens with zero attached hydrogens (tertiary/aromatic N) is 3. The number of likely N-dealkylation sites (tertiary alicyclic amines) is 1. The number of carbonyl (C=O) groups excluding carboxylic acids is 3. The molecule has 2 aromatic rings. The van der Waals surface area contributed by atoms with Crippen molar-refractivity contribution in [3.63, 3.8) is 0 Å². The Balaban J connectivity index is 1.20. The molecule has 3 saturated heterocycles. The summed E-state index contributed by atoms with van der Waals surface area (Å²) in [5, 5.41) is 23.6. The fourth-order valence-electron chi connectivity index (χ4n) is 6.92. The molecule has 3 N–H and O–H groups in total. The number of benzene rings is 2. The molecule has 2 atom stereocenters.